The molecule has 0 unspecified atom stereocenters. The summed E-state index contributed by atoms with van der Waals surface area (Å²) < 4.78 is 0. The molecule has 4 heteroatoms. The molecule has 6 aromatic rings. The lowest BCUT2D eigenvalue weighted by Gasteiger charge is -2.48. The molecule has 0 spiro atoms. The molecule has 1 N–H and O–H groups in total. The van der Waals surface area contributed by atoms with Gasteiger partial charge in [-0.1, -0.05) is 146 Å². The highest BCUT2D eigenvalue weighted by atomic mass is 16.3. The van der Waals surface area contributed by atoms with Crippen LogP contribution < -0.4 is 0 Å². The first-order valence-electron chi connectivity index (χ1n) is 15.6. The number of nitrogens with zero attached hydrogens (tertiary/aromatic N) is 2. The Morgan fingerprint density at radius 2 is 1.07 bits per heavy atom. The summed E-state index contributed by atoms with van der Waals surface area (Å²) in [7, 11) is 0. The summed E-state index contributed by atoms with van der Waals surface area (Å²) in [5, 5.41) is 16.8. The van der Waals surface area contributed by atoms with Gasteiger partial charge in [-0.2, -0.15) is 0 Å². The fraction of sp³-hybridized carbons (Fsp3) is 0.146. The van der Waals surface area contributed by atoms with Gasteiger partial charge in [0, 0.05) is 13.1 Å². The van der Waals surface area contributed by atoms with Gasteiger partial charge in [-0.25, -0.2) is 4.79 Å². The van der Waals surface area contributed by atoms with Gasteiger partial charge in [0.1, 0.15) is 0 Å². The van der Waals surface area contributed by atoms with Crippen molar-refractivity contribution in [3.8, 4) is 0 Å². The van der Waals surface area contributed by atoms with E-state index in [0.717, 1.165) is 43.8 Å². The summed E-state index contributed by atoms with van der Waals surface area (Å²) >= 11 is 0. The first-order valence-corrected chi connectivity index (χ1v) is 15.6. The first-order chi connectivity index (χ1) is 22.1. The predicted octanol–water partition coefficient (Wildman–Crippen LogP) is 8.49. The van der Waals surface area contributed by atoms with E-state index in [1.165, 1.54) is 0 Å². The molecule has 0 aliphatic carbocycles. The van der Waals surface area contributed by atoms with Crippen molar-refractivity contribution in [3.05, 3.63) is 174 Å². The maximum absolute atomic E-state index is 14.7. The zero-order valence-electron chi connectivity index (χ0n) is 25.1. The lowest BCUT2D eigenvalue weighted by molar-refractivity contribution is -0.0278. The Hall–Kier alpha value is -5.19. The number of amides is 2. The van der Waals surface area contributed by atoms with Gasteiger partial charge in [0.25, 0.3) is 0 Å². The lowest BCUT2D eigenvalue weighted by Crippen LogP contribution is -2.65. The van der Waals surface area contributed by atoms with Crippen molar-refractivity contribution in [3.63, 3.8) is 0 Å². The number of aliphatic hydroxyl groups excluding tert-OH is 1. The quantitative estimate of drug-likeness (QED) is 0.194. The molecule has 0 saturated carbocycles. The molecular weight excluding hydrogens is 552 g/mol. The highest BCUT2D eigenvalue weighted by molar-refractivity contribution is 5.84. The average Bonchev–Trinajstić information content (AvgIpc) is 3.09. The van der Waals surface area contributed by atoms with Crippen molar-refractivity contribution < 1.29 is 9.90 Å². The van der Waals surface area contributed by atoms with Crippen molar-refractivity contribution in [2.24, 2.45) is 0 Å². The van der Waals surface area contributed by atoms with Crippen LogP contribution in [0.1, 0.15) is 22.3 Å². The Bertz CT molecular complexity index is 1950. The Morgan fingerprint density at radius 3 is 1.67 bits per heavy atom. The maximum atomic E-state index is 14.7. The zero-order chi connectivity index (χ0) is 30.6. The lowest BCUT2D eigenvalue weighted by atomic mass is 9.90. The molecular formula is C41H36N2O2. The number of benzene rings is 6. The van der Waals surface area contributed by atoms with E-state index in [1.54, 1.807) is 0 Å². The molecule has 45 heavy (non-hydrogen) atoms. The SMILES string of the molecule is O=C1N(Cc2ccc3ccccc3c2)[C@H](/C=C/c2ccccc2)[C@@H](O)[C@@H](Cc2ccccc2)N1Cc1ccc2ccccc2c1. The van der Waals surface area contributed by atoms with E-state index in [9.17, 15) is 9.90 Å². The van der Waals surface area contributed by atoms with Crippen LogP contribution in [0.25, 0.3) is 27.6 Å². The van der Waals surface area contributed by atoms with Crippen LogP contribution >= 0.6 is 0 Å². The molecule has 222 valence electrons. The van der Waals surface area contributed by atoms with Crippen LogP contribution in [0.2, 0.25) is 0 Å². The van der Waals surface area contributed by atoms with E-state index in [0.29, 0.717) is 19.5 Å². The maximum Gasteiger partial charge on any atom is 0.321 e. The second-order valence-corrected chi connectivity index (χ2v) is 11.9. The van der Waals surface area contributed by atoms with Crippen LogP contribution in [-0.2, 0) is 19.5 Å². The van der Waals surface area contributed by atoms with E-state index in [-0.39, 0.29) is 6.03 Å². The number of aliphatic hydroxyl groups is 1. The van der Waals surface area contributed by atoms with Gasteiger partial charge in [0.05, 0.1) is 18.2 Å². The Kier molecular flexibility index (Phi) is 8.13. The average molecular weight is 589 g/mol. The van der Waals surface area contributed by atoms with E-state index in [1.807, 2.05) is 94.7 Å². The van der Waals surface area contributed by atoms with E-state index < -0.39 is 18.2 Å². The van der Waals surface area contributed by atoms with Crippen LogP contribution in [0.5, 0.6) is 0 Å². The molecule has 1 heterocycles. The molecule has 3 atom stereocenters. The van der Waals surface area contributed by atoms with Crippen molar-refractivity contribution in [2.45, 2.75) is 37.7 Å². The molecule has 1 fully saturated rings. The number of carbonyl (C=O) groups is 1. The van der Waals surface area contributed by atoms with Gasteiger partial charge in [0.2, 0.25) is 0 Å². The molecule has 1 saturated heterocycles. The second-order valence-electron chi connectivity index (χ2n) is 11.9. The largest absolute Gasteiger partial charge is 0.388 e. The number of urea groups is 1. The Labute approximate surface area is 264 Å². The van der Waals surface area contributed by atoms with Crippen molar-refractivity contribution in [2.75, 3.05) is 0 Å². The Morgan fingerprint density at radius 1 is 0.556 bits per heavy atom. The molecule has 0 bridgehead atoms. The van der Waals surface area contributed by atoms with Crippen LogP contribution in [0, 0.1) is 0 Å². The minimum absolute atomic E-state index is 0.0785. The topological polar surface area (TPSA) is 43.8 Å². The number of rotatable bonds is 8. The summed E-state index contributed by atoms with van der Waals surface area (Å²) in [6.45, 7) is 0.790. The predicted molar refractivity (Wildman–Crippen MR) is 184 cm³/mol. The minimum atomic E-state index is -0.816. The van der Waals surface area contributed by atoms with Crippen LogP contribution in [0.15, 0.2) is 152 Å². The van der Waals surface area contributed by atoms with Crippen LogP contribution in [0.3, 0.4) is 0 Å². The summed E-state index contributed by atoms with van der Waals surface area (Å²) in [4.78, 5) is 18.5. The van der Waals surface area contributed by atoms with Crippen LogP contribution in [-0.4, -0.2) is 39.1 Å². The van der Waals surface area contributed by atoms with E-state index >= 15 is 0 Å². The van der Waals surface area contributed by atoms with Crippen molar-refractivity contribution in [1.82, 2.24) is 9.80 Å². The standard InChI is InChI=1S/C41H36N2O2/c44-40-38(24-21-30-11-3-1-4-12-30)42(28-32-19-22-34-15-7-9-17-36(34)25-32)41(45)43(39(40)27-31-13-5-2-6-14-31)29-33-20-23-35-16-8-10-18-37(35)26-33/h1-26,38-40,44H,27-29H2/b24-21+/t38-,39-,40-/m1/s1. The molecule has 4 nitrogen and oxygen atoms in total. The fourth-order valence-corrected chi connectivity index (χ4v) is 6.53. The third-order valence-corrected chi connectivity index (χ3v) is 8.90. The highest BCUT2D eigenvalue weighted by Gasteiger charge is 2.45. The zero-order valence-corrected chi connectivity index (χ0v) is 25.1. The summed E-state index contributed by atoms with van der Waals surface area (Å²) in [6.07, 6.45) is 3.77. The number of carbonyl (C=O) groups excluding carboxylic acids is 1. The number of hydrogen-bond donors (Lipinski definition) is 1. The first kappa shape index (κ1) is 28.6. The smallest absolute Gasteiger partial charge is 0.321 e. The van der Waals surface area contributed by atoms with E-state index in [4.69, 9.17) is 0 Å². The molecule has 0 aromatic heterocycles. The van der Waals surface area contributed by atoms with Gasteiger partial charge < -0.3 is 14.9 Å². The molecule has 7 rings (SSSR count). The van der Waals surface area contributed by atoms with Crippen molar-refractivity contribution >= 4 is 33.7 Å². The highest BCUT2D eigenvalue weighted by Crippen LogP contribution is 2.31. The molecule has 6 aromatic carbocycles. The monoisotopic (exact) mass is 588 g/mol. The van der Waals surface area contributed by atoms with Gasteiger partial charge >= 0.3 is 6.03 Å². The Balaban J connectivity index is 1.29. The normalized spacial score (nSPS) is 18.7. The fourth-order valence-electron chi connectivity index (χ4n) is 6.53. The molecule has 1 aliphatic rings. The second kappa shape index (κ2) is 12.8. The summed E-state index contributed by atoms with van der Waals surface area (Å²) in [6, 6.07) is 48.5. The van der Waals surface area contributed by atoms with Gasteiger partial charge in [0.15, 0.2) is 0 Å². The summed E-state index contributed by atoms with van der Waals surface area (Å²) in [5.74, 6) is 0. The molecule has 0 radical (unpaired) electrons. The third kappa shape index (κ3) is 6.24. The molecule has 2 amide bonds. The van der Waals surface area contributed by atoms with Crippen LogP contribution in [0.4, 0.5) is 4.79 Å². The third-order valence-electron chi connectivity index (χ3n) is 8.90. The van der Waals surface area contributed by atoms with Gasteiger partial charge in [-0.05, 0) is 62.4 Å². The minimum Gasteiger partial charge on any atom is -0.388 e. The molecule has 1 aliphatic heterocycles. The summed E-state index contributed by atoms with van der Waals surface area (Å²) in [5.41, 5.74) is 4.18. The number of hydrogen-bond acceptors (Lipinski definition) is 2. The van der Waals surface area contributed by atoms with E-state index in [2.05, 4.69) is 72.8 Å². The number of fused-ring (bicyclic) bond motifs is 2. The van der Waals surface area contributed by atoms with Gasteiger partial charge in [-0.3, -0.25) is 0 Å². The van der Waals surface area contributed by atoms with Crippen molar-refractivity contribution in [1.29, 1.82) is 0 Å². The van der Waals surface area contributed by atoms with Gasteiger partial charge in [-0.15, -0.1) is 0 Å².